The van der Waals surface area contributed by atoms with E-state index in [1.54, 1.807) is 11.3 Å². The molecule has 0 aromatic carbocycles. The average Bonchev–Trinajstić information content (AvgIpc) is 2.71. The van der Waals surface area contributed by atoms with Crippen LogP contribution in [0.5, 0.6) is 0 Å². The Morgan fingerprint density at radius 2 is 2.40 bits per heavy atom. The Balaban J connectivity index is 2.19. The fourth-order valence-corrected chi connectivity index (χ4v) is 4.01. The van der Waals surface area contributed by atoms with E-state index in [4.69, 9.17) is 10.5 Å². The second kappa shape index (κ2) is 4.53. The fraction of sp³-hybridized carbons (Fsp3) is 0.636. The molecule has 0 saturated carbocycles. The van der Waals surface area contributed by atoms with Crippen molar-refractivity contribution in [3.8, 4) is 0 Å². The Kier molecular flexibility index (Phi) is 3.50. The van der Waals surface area contributed by atoms with E-state index in [1.165, 1.54) is 10.4 Å². The molecule has 1 aromatic heterocycles. The Labute approximate surface area is 103 Å². The molecule has 3 unspecified atom stereocenters. The normalized spacial score (nSPS) is 28.3. The Morgan fingerprint density at radius 3 is 2.87 bits per heavy atom. The van der Waals surface area contributed by atoms with Crippen molar-refractivity contribution in [3.63, 3.8) is 0 Å². The Hall–Kier alpha value is 0.1000. The number of halogens is 1. The number of hydrogen-bond acceptors (Lipinski definition) is 3. The molecule has 1 aliphatic heterocycles. The first-order valence-electron chi connectivity index (χ1n) is 5.22. The van der Waals surface area contributed by atoms with Crippen LogP contribution < -0.4 is 5.73 Å². The Bertz CT molecular complexity index is 352. The molecule has 0 amide bonds. The lowest BCUT2D eigenvalue weighted by atomic mass is 9.89. The molecule has 1 fully saturated rings. The highest BCUT2D eigenvalue weighted by molar-refractivity contribution is 9.11. The molecule has 0 bridgehead atoms. The van der Waals surface area contributed by atoms with Crippen molar-refractivity contribution in [2.75, 3.05) is 6.61 Å². The van der Waals surface area contributed by atoms with Crippen LogP contribution in [0.4, 0.5) is 0 Å². The summed E-state index contributed by atoms with van der Waals surface area (Å²) in [5, 5.41) is 0. The van der Waals surface area contributed by atoms with Crippen LogP contribution in [0.3, 0.4) is 0 Å². The van der Waals surface area contributed by atoms with E-state index < -0.39 is 0 Å². The predicted molar refractivity (Wildman–Crippen MR) is 67.2 cm³/mol. The van der Waals surface area contributed by atoms with Gasteiger partial charge in [0.15, 0.2) is 0 Å². The largest absolute Gasteiger partial charge is 0.378 e. The number of thiophene rings is 1. The maximum absolute atomic E-state index is 6.31. The van der Waals surface area contributed by atoms with Crippen LogP contribution in [0.1, 0.15) is 29.8 Å². The molecule has 1 saturated heterocycles. The van der Waals surface area contributed by atoms with Crippen molar-refractivity contribution in [1.29, 1.82) is 0 Å². The van der Waals surface area contributed by atoms with Crippen molar-refractivity contribution < 1.29 is 4.74 Å². The van der Waals surface area contributed by atoms with Crippen LogP contribution in [0.2, 0.25) is 0 Å². The van der Waals surface area contributed by atoms with E-state index >= 15 is 0 Å². The van der Waals surface area contributed by atoms with E-state index in [0.717, 1.165) is 16.8 Å². The molecule has 4 heteroatoms. The zero-order valence-corrected chi connectivity index (χ0v) is 11.4. The van der Waals surface area contributed by atoms with Gasteiger partial charge in [-0.1, -0.05) is 0 Å². The van der Waals surface area contributed by atoms with Crippen LogP contribution in [-0.2, 0) is 4.74 Å². The van der Waals surface area contributed by atoms with Gasteiger partial charge in [-0.2, -0.15) is 0 Å². The molecular formula is C11H16BrNOS. The molecule has 1 aliphatic rings. The summed E-state index contributed by atoms with van der Waals surface area (Å²) in [6, 6.07) is 2.26. The fourth-order valence-electron chi connectivity index (χ4n) is 2.24. The molecule has 1 aromatic rings. The van der Waals surface area contributed by atoms with Gasteiger partial charge in [0.2, 0.25) is 0 Å². The second-order valence-corrected chi connectivity index (χ2v) is 6.75. The minimum absolute atomic E-state index is 0.116. The lowest BCUT2D eigenvalue weighted by molar-refractivity contribution is 0.0995. The highest BCUT2D eigenvalue weighted by atomic mass is 79.9. The van der Waals surface area contributed by atoms with Crippen LogP contribution in [-0.4, -0.2) is 12.7 Å². The third-order valence-corrected chi connectivity index (χ3v) is 4.75. The summed E-state index contributed by atoms with van der Waals surface area (Å²) < 4.78 is 6.73. The summed E-state index contributed by atoms with van der Waals surface area (Å²) in [6.45, 7) is 5.10. The molecule has 84 valence electrons. The quantitative estimate of drug-likeness (QED) is 0.907. The van der Waals surface area contributed by atoms with Gasteiger partial charge >= 0.3 is 0 Å². The van der Waals surface area contributed by atoms with Gasteiger partial charge in [0.25, 0.3) is 0 Å². The van der Waals surface area contributed by atoms with Crippen molar-refractivity contribution in [1.82, 2.24) is 0 Å². The summed E-state index contributed by atoms with van der Waals surface area (Å²) >= 11 is 5.26. The summed E-state index contributed by atoms with van der Waals surface area (Å²) in [7, 11) is 0. The lowest BCUT2D eigenvalue weighted by Crippen LogP contribution is -2.26. The third kappa shape index (κ3) is 2.28. The molecule has 2 N–H and O–H groups in total. The average molecular weight is 290 g/mol. The maximum Gasteiger partial charge on any atom is 0.0704 e. The summed E-state index contributed by atoms with van der Waals surface area (Å²) in [6.07, 6.45) is 1.37. The van der Waals surface area contributed by atoms with Gasteiger partial charge in [-0.3, -0.25) is 0 Å². The van der Waals surface area contributed by atoms with Gasteiger partial charge in [0, 0.05) is 23.4 Å². The number of rotatable bonds is 2. The number of nitrogens with two attached hydrogens (primary N) is 1. The van der Waals surface area contributed by atoms with Gasteiger partial charge in [-0.15, -0.1) is 11.3 Å². The number of hydrogen-bond donors (Lipinski definition) is 1. The lowest BCUT2D eigenvalue weighted by Gasteiger charge is -2.22. The standard InChI is InChI=1S/C11H16BrNOS/c1-6-8(3-4-14-6)11(13)9-5-10(12)15-7(9)2/h5-6,8,11H,3-4,13H2,1-2H3. The van der Waals surface area contributed by atoms with Gasteiger partial charge < -0.3 is 10.5 Å². The zero-order chi connectivity index (χ0) is 11.0. The number of ether oxygens (including phenoxy) is 1. The van der Waals surface area contributed by atoms with Gasteiger partial charge in [-0.05, 0) is 47.8 Å². The van der Waals surface area contributed by atoms with E-state index in [-0.39, 0.29) is 12.1 Å². The second-order valence-electron chi connectivity index (χ2n) is 4.12. The van der Waals surface area contributed by atoms with Crippen LogP contribution in [0.15, 0.2) is 9.85 Å². The predicted octanol–water partition coefficient (Wildman–Crippen LogP) is 3.24. The van der Waals surface area contributed by atoms with Crippen LogP contribution in [0.25, 0.3) is 0 Å². The summed E-state index contributed by atoms with van der Waals surface area (Å²) in [5.74, 6) is 0.463. The first-order valence-corrected chi connectivity index (χ1v) is 6.83. The van der Waals surface area contributed by atoms with Crippen molar-refractivity contribution in [2.45, 2.75) is 32.4 Å². The first-order chi connectivity index (χ1) is 7.09. The van der Waals surface area contributed by atoms with E-state index in [1.807, 2.05) is 0 Å². The van der Waals surface area contributed by atoms with Crippen molar-refractivity contribution in [3.05, 3.63) is 20.3 Å². The molecular weight excluding hydrogens is 274 g/mol. The van der Waals surface area contributed by atoms with Crippen molar-refractivity contribution >= 4 is 27.3 Å². The minimum atomic E-state index is 0.116. The summed E-state index contributed by atoms with van der Waals surface area (Å²) in [4.78, 5) is 1.31. The molecule has 0 aliphatic carbocycles. The smallest absolute Gasteiger partial charge is 0.0704 e. The van der Waals surface area contributed by atoms with Crippen LogP contribution >= 0.6 is 27.3 Å². The van der Waals surface area contributed by atoms with E-state index in [9.17, 15) is 0 Å². The molecule has 2 rings (SSSR count). The highest BCUT2D eigenvalue weighted by Crippen LogP contribution is 2.37. The molecule has 2 heterocycles. The van der Waals surface area contributed by atoms with Gasteiger partial charge in [-0.25, -0.2) is 0 Å². The monoisotopic (exact) mass is 289 g/mol. The highest BCUT2D eigenvalue weighted by Gasteiger charge is 2.31. The van der Waals surface area contributed by atoms with E-state index in [2.05, 4.69) is 35.8 Å². The zero-order valence-electron chi connectivity index (χ0n) is 9.00. The summed E-state index contributed by atoms with van der Waals surface area (Å²) in [5.41, 5.74) is 7.58. The molecule has 0 radical (unpaired) electrons. The minimum Gasteiger partial charge on any atom is -0.378 e. The van der Waals surface area contributed by atoms with Crippen LogP contribution in [0, 0.1) is 12.8 Å². The molecule has 2 nitrogen and oxygen atoms in total. The molecule has 3 atom stereocenters. The third-order valence-electron chi connectivity index (χ3n) is 3.18. The number of aryl methyl sites for hydroxylation is 1. The van der Waals surface area contributed by atoms with E-state index in [0.29, 0.717) is 5.92 Å². The first kappa shape index (κ1) is 11.6. The Morgan fingerprint density at radius 1 is 1.67 bits per heavy atom. The topological polar surface area (TPSA) is 35.2 Å². The molecule has 15 heavy (non-hydrogen) atoms. The van der Waals surface area contributed by atoms with Gasteiger partial charge in [0.1, 0.15) is 0 Å². The van der Waals surface area contributed by atoms with Gasteiger partial charge in [0.05, 0.1) is 9.89 Å². The van der Waals surface area contributed by atoms with Crippen molar-refractivity contribution in [2.24, 2.45) is 11.7 Å². The maximum atomic E-state index is 6.31. The SMILES string of the molecule is Cc1sc(Br)cc1C(N)C1CCOC1C. The molecule has 0 spiro atoms.